The molecule has 2 aromatic rings. The van der Waals surface area contributed by atoms with Crippen LogP contribution in [0, 0.1) is 5.92 Å². The van der Waals surface area contributed by atoms with Crippen molar-refractivity contribution in [2.24, 2.45) is 5.92 Å². The largest absolute Gasteiger partial charge is 0.382 e. The summed E-state index contributed by atoms with van der Waals surface area (Å²) in [7, 11) is 0. The fourth-order valence-electron chi connectivity index (χ4n) is 2.39. The molecule has 5 heteroatoms. The Labute approximate surface area is 123 Å². The molecule has 3 rings (SSSR count). The molecule has 1 saturated carbocycles. The number of nitrogen functional groups attached to an aromatic ring is 1. The number of nitrogens with two attached hydrogens (primary N) is 1. The molecule has 1 aliphatic rings. The van der Waals surface area contributed by atoms with Crippen LogP contribution < -0.4 is 10.6 Å². The molecule has 1 fully saturated rings. The molecule has 0 spiro atoms. The van der Waals surface area contributed by atoms with Crippen LogP contribution in [0.15, 0.2) is 24.5 Å². The number of anilines is 2. The first-order chi connectivity index (χ1) is 9.66. The molecule has 2 aromatic heterocycles. The van der Waals surface area contributed by atoms with Crippen molar-refractivity contribution in [1.82, 2.24) is 9.36 Å². The van der Waals surface area contributed by atoms with Crippen LogP contribution in [0.5, 0.6) is 0 Å². The summed E-state index contributed by atoms with van der Waals surface area (Å²) in [6.07, 6.45) is 6.30. The Morgan fingerprint density at radius 1 is 1.35 bits per heavy atom. The number of aromatic nitrogens is 2. The second-order valence-corrected chi connectivity index (χ2v) is 6.43. The maximum absolute atomic E-state index is 6.11. The molecule has 0 atom stereocenters. The van der Waals surface area contributed by atoms with Gasteiger partial charge in [0.2, 0.25) is 0 Å². The molecule has 2 N–H and O–H groups in total. The molecule has 106 valence electrons. The third-order valence-electron chi connectivity index (χ3n) is 3.71. The van der Waals surface area contributed by atoms with Crippen LogP contribution in [0.4, 0.5) is 10.8 Å². The molecule has 0 saturated heterocycles. The molecular weight excluding hydrogens is 268 g/mol. The second-order valence-electron chi connectivity index (χ2n) is 5.67. The Morgan fingerprint density at radius 2 is 2.05 bits per heavy atom. The Bertz CT molecular complexity index is 575. The molecule has 0 unspecified atom stereocenters. The van der Waals surface area contributed by atoms with Gasteiger partial charge in [0.1, 0.15) is 10.8 Å². The summed E-state index contributed by atoms with van der Waals surface area (Å²) < 4.78 is 4.38. The van der Waals surface area contributed by atoms with Gasteiger partial charge in [-0.25, -0.2) is 0 Å². The van der Waals surface area contributed by atoms with Crippen molar-refractivity contribution in [3.8, 4) is 11.1 Å². The summed E-state index contributed by atoms with van der Waals surface area (Å²) in [6, 6.07) is 4.45. The predicted molar refractivity (Wildman–Crippen MR) is 85.0 cm³/mol. The molecule has 0 aliphatic heterocycles. The van der Waals surface area contributed by atoms with Crippen LogP contribution in [-0.4, -0.2) is 21.9 Å². The highest BCUT2D eigenvalue weighted by atomic mass is 32.1. The van der Waals surface area contributed by atoms with E-state index in [4.69, 9.17) is 5.73 Å². The average molecular weight is 288 g/mol. The Kier molecular flexibility index (Phi) is 3.61. The number of pyridine rings is 1. The summed E-state index contributed by atoms with van der Waals surface area (Å²) >= 11 is 1.51. The van der Waals surface area contributed by atoms with E-state index in [-0.39, 0.29) is 0 Å². The first-order valence-electron chi connectivity index (χ1n) is 7.09. The minimum Gasteiger partial charge on any atom is -0.382 e. The minimum absolute atomic E-state index is 0.455. The van der Waals surface area contributed by atoms with Crippen molar-refractivity contribution in [2.45, 2.75) is 32.7 Å². The summed E-state index contributed by atoms with van der Waals surface area (Å²) in [5.74, 6) is 1.46. The standard InChI is InChI=1S/C15H20N4S/c1-10(2)19(9-11-3-4-11)15-13(14(16)18-20-15)12-5-7-17-8-6-12/h5-8,10-11H,3-4,9H2,1-2H3,(H2,16,18). The van der Waals surface area contributed by atoms with E-state index in [1.165, 1.54) is 29.4 Å². The van der Waals surface area contributed by atoms with Gasteiger partial charge < -0.3 is 10.6 Å². The van der Waals surface area contributed by atoms with Gasteiger partial charge in [0, 0.05) is 25.0 Å². The molecule has 0 amide bonds. The van der Waals surface area contributed by atoms with Crippen molar-refractivity contribution in [3.63, 3.8) is 0 Å². The normalized spacial score (nSPS) is 14.8. The highest BCUT2D eigenvalue weighted by Gasteiger charge is 2.28. The van der Waals surface area contributed by atoms with E-state index in [2.05, 4.69) is 28.1 Å². The van der Waals surface area contributed by atoms with Crippen LogP contribution in [0.3, 0.4) is 0 Å². The van der Waals surface area contributed by atoms with Crippen LogP contribution in [-0.2, 0) is 0 Å². The molecule has 0 bridgehead atoms. The third kappa shape index (κ3) is 2.63. The predicted octanol–water partition coefficient (Wildman–Crippen LogP) is 3.41. The zero-order valence-electron chi connectivity index (χ0n) is 11.9. The number of hydrogen-bond acceptors (Lipinski definition) is 5. The molecular formula is C15H20N4S. The maximum Gasteiger partial charge on any atom is 0.147 e. The molecule has 20 heavy (non-hydrogen) atoms. The summed E-state index contributed by atoms with van der Waals surface area (Å²) in [5.41, 5.74) is 8.27. The smallest absolute Gasteiger partial charge is 0.147 e. The molecule has 2 heterocycles. The number of nitrogens with zero attached hydrogens (tertiary/aromatic N) is 3. The molecule has 4 nitrogen and oxygen atoms in total. The van der Waals surface area contributed by atoms with Crippen molar-refractivity contribution < 1.29 is 0 Å². The van der Waals surface area contributed by atoms with E-state index in [0.717, 1.165) is 23.6 Å². The fourth-order valence-corrected chi connectivity index (χ4v) is 3.37. The summed E-state index contributed by atoms with van der Waals surface area (Å²) in [4.78, 5) is 6.53. The third-order valence-corrected chi connectivity index (χ3v) is 4.61. The number of rotatable bonds is 5. The number of hydrogen-bond donors (Lipinski definition) is 1. The highest BCUT2D eigenvalue weighted by molar-refractivity contribution is 7.11. The van der Waals surface area contributed by atoms with Crippen molar-refractivity contribution in [3.05, 3.63) is 24.5 Å². The van der Waals surface area contributed by atoms with Crippen LogP contribution >= 0.6 is 11.5 Å². The average Bonchev–Trinajstić information content (AvgIpc) is 3.19. The maximum atomic E-state index is 6.11. The lowest BCUT2D eigenvalue weighted by Crippen LogP contribution is -2.32. The van der Waals surface area contributed by atoms with Gasteiger partial charge in [0.05, 0.1) is 5.56 Å². The second kappa shape index (κ2) is 5.40. The van der Waals surface area contributed by atoms with Crippen molar-refractivity contribution in [1.29, 1.82) is 0 Å². The Hall–Kier alpha value is -1.62. The summed E-state index contributed by atoms with van der Waals surface area (Å²) in [5, 5.41) is 1.19. The van der Waals surface area contributed by atoms with E-state index in [0.29, 0.717) is 11.9 Å². The molecule has 0 aromatic carbocycles. The van der Waals surface area contributed by atoms with Crippen LogP contribution in [0.25, 0.3) is 11.1 Å². The zero-order valence-corrected chi connectivity index (χ0v) is 12.7. The Balaban J connectivity index is 2.00. The lowest BCUT2D eigenvalue weighted by atomic mass is 10.1. The topological polar surface area (TPSA) is 55.0 Å². The van der Waals surface area contributed by atoms with Gasteiger partial charge in [-0.2, -0.15) is 4.37 Å². The summed E-state index contributed by atoms with van der Waals surface area (Å²) in [6.45, 7) is 5.57. The van der Waals surface area contributed by atoms with Gasteiger partial charge in [0.15, 0.2) is 0 Å². The highest BCUT2D eigenvalue weighted by Crippen LogP contribution is 2.42. The monoisotopic (exact) mass is 288 g/mol. The van der Waals surface area contributed by atoms with Gasteiger partial charge >= 0.3 is 0 Å². The van der Waals surface area contributed by atoms with E-state index in [1.54, 1.807) is 12.4 Å². The van der Waals surface area contributed by atoms with Crippen molar-refractivity contribution >= 4 is 22.4 Å². The Morgan fingerprint density at radius 3 is 2.65 bits per heavy atom. The van der Waals surface area contributed by atoms with Crippen LogP contribution in [0.1, 0.15) is 26.7 Å². The van der Waals surface area contributed by atoms with Gasteiger partial charge in [-0.3, -0.25) is 4.98 Å². The van der Waals surface area contributed by atoms with E-state index in [1.807, 2.05) is 12.1 Å². The van der Waals surface area contributed by atoms with Crippen LogP contribution in [0.2, 0.25) is 0 Å². The molecule has 0 radical (unpaired) electrons. The SMILES string of the molecule is CC(C)N(CC1CC1)c1snc(N)c1-c1ccncc1. The van der Waals surface area contributed by atoms with Gasteiger partial charge in [0.25, 0.3) is 0 Å². The minimum atomic E-state index is 0.455. The molecule has 1 aliphatic carbocycles. The lowest BCUT2D eigenvalue weighted by molar-refractivity contribution is 0.650. The van der Waals surface area contributed by atoms with Gasteiger partial charge in [-0.15, -0.1) is 0 Å². The zero-order chi connectivity index (χ0) is 14.1. The van der Waals surface area contributed by atoms with E-state index in [9.17, 15) is 0 Å². The fraction of sp³-hybridized carbons (Fsp3) is 0.467. The quantitative estimate of drug-likeness (QED) is 0.916. The van der Waals surface area contributed by atoms with E-state index < -0.39 is 0 Å². The first-order valence-corrected chi connectivity index (χ1v) is 7.86. The van der Waals surface area contributed by atoms with Gasteiger partial charge in [-0.1, -0.05) is 0 Å². The lowest BCUT2D eigenvalue weighted by Gasteiger charge is -2.28. The van der Waals surface area contributed by atoms with E-state index >= 15 is 0 Å². The first kappa shape index (κ1) is 13.4. The van der Waals surface area contributed by atoms with Gasteiger partial charge in [-0.05, 0) is 61.8 Å². The van der Waals surface area contributed by atoms with Crippen molar-refractivity contribution in [2.75, 3.05) is 17.2 Å².